The summed E-state index contributed by atoms with van der Waals surface area (Å²) in [6.45, 7) is 11.3. The molecule has 0 saturated heterocycles. The van der Waals surface area contributed by atoms with Gasteiger partial charge in [-0.15, -0.1) is 11.3 Å². The molecule has 0 saturated carbocycles. The predicted molar refractivity (Wildman–Crippen MR) is 87.4 cm³/mol. The van der Waals surface area contributed by atoms with Gasteiger partial charge in [-0.05, 0) is 43.7 Å². The van der Waals surface area contributed by atoms with Gasteiger partial charge in [0.25, 0.3) is 0 Å². The second kappa shape index (κ2) is 7.23. The highest BCUT2D eigenvalue weighted by Gasteiger charge is 2.14. The van der Waals surface area contributed by atoms with E-state index in [0.717, 1.165) is 30.4 Å². The average molecular weight is 293 g/mol. The van der Waals surface area contributed by atoms with Crippen LogP contribution in [0.1, 0.15) is 39.8 Å². The van der Waals surface area contributed by atoms with E-state index in [1.165, 1.54) is 12.1 Å². The van der Waals surface area contributed by atoms with Crippen molar-refractivity contribution in [3.05, 3.63) is 23.5 Å². The molecule has 0 amide bonds. The van der Waals surface area contributed by atoms with Crippen LogP contribution < -0.4 is 5.32 Å². The van der Waals surface area contributed by atoms with Crippen LogP contribution in [0.3, 0.4) is 0 Å². The fraction of sp³-hybridized carbons (Fsp3) is 0.688. The molecule has 112 valence electrons. The molecule has 0 bridgehead atoms. The predicted octanol–water partition coefficient (Wildman–Crippen LogP) is 3.85. The van der Waals surface area contributed by atoms with Crippen LogP contribution in [-0.2, 0) is 6.42 Å². The second-order valence-corrected chi connectivity index (χ2v) is 7.45. The molecule has 0 aliphatic carbocycles. The fourth-order valence-corrected chi connectivity index (χ4v) is 3.37. The highest BCUT2D eigenvalue weighted by atomic mass is 32.1. The van der Waals surface area contributed by atoms with E-state index >= 15 is 0 Å². The minimum Gasteiger partial charge on any atom is -0.316 e. The van der Waals surface area contributed by atoms with Gasteiger partial charge in [0.15, 0.2) is 4.96 Å². The van der Waals surface area contributed by atoms with Gasteiger partial charge in [0.1, 0.15) is 0 Å². The molecule has 0 radical (unpaired) electrons. The minimum atomic E-state index is 0.679. The number of aromatic nitrogens is 2. The van der Waals surface area contributed by atoms with Crippen LogP contribution >= 0.6 is 11.3 Å². The molecule has 1 atom stereocenters. The topological polar surface area (TPSA) is 29.3 Å². The third-order valence-corrected chi connectivity index (χ3v) is 4.20. The molecule has 20 heavy (non-hydrogen) atoms. The van der Waals surface area contributed by atoms with E-state index in [1.807, 2.05) is 0 Å². The number of thiazole rings is 1. The number of nitrogens with one attached hydrogen (secondary N) is 1. The molecule has 2 rings (SSSR count). The Bertz CT molecular complexity index is 484. The van der Waals surface area contributed by atoms with E-state index in [0.29, 0.717) is 11.8 Å². The number of hydrogen-bond donors (Lipinski definition) is 1. The van der Waals surface area contributed by atoms with Crippen molar-refractivity contribution in [1.82, 2.24) is 14.7 Å². The molecular weight excluding hydrogens is 266 g/mol. The van der Waals surface area contributed by atoms with Crippen molar-refractivity contribution < 1.29 is 0 Å². The van der Waals surface area contributed by atoms with E-state index in [-0.39, 0.29) is 0 Å². The molecule has 1 unspecified atom stereocenters. The van der Waals surface area contributed by atoms with Crippen LogP contribution in [0, 0.1) is 17.8 Å². The monoisotopic (exact) mass is 293 g/mol. The van der Waals surface area contributed by atoms with E-state index in [1.54, 1.807) is 11.3 Å². The summed E-state index contributed by atoms with van der Waals surface area (Å²) in [6, 6.07) is 0. The molecule has 0 fully saturated rings. The Morgan fingerprint density at radius 1 is 1.20 bits per heavy atom. The van der Waals surface area contributed by atoms with E-state index in [2.05, 4.69) is 55.2 Å². The summed E-state index contributed by atoms with van der Waals surface area (Å²) >= 11 is 1.71. The first kappa shape index (κ1) is 15.5. The summed E-state index contributed by atoms with van der Waals surface area (Å²) in [5, 5.41) is 5.69. The molecular formula is C16H27N3S. The molecule has 2 aromatic rings. The number of fused-ring (bicyclic) bond motifs is 1. The number of nitrogens with zero attached hydrogens (tertiary/aromatic N) is 2. The third-order valence-electron chi connectivity index (χ3n) is 3.43. The first-order valence-electron chi connectivity index (χ1n) is 7.66. The molecule has 2 aromatic heterocycles. The normalized spacial score (nSPS) is 13.7. The Morgan fingerprint density at radius 3 is 2.65 bits per heavy atom. The van der Waals surface area contributed by atoms with Crippen LogP contribution in [0.25, 0.3) is 4.96 Å². The summed E-state index contributed by atoms with van der Waals surface area (Å²) in [5.74, 6) is 2.13. The lowest BCUT2D eigenvalue weighted by Crippen LogP contribution is -2.28. The number of hydrogen-bond acceptors (Lipinski definition) is 3. The van der Waals surface area contributed by atoms with Crippen LogP contribution in [0.15, 0.2) is 17.8 Å². The summed E-state index contributed by atoms with van der Waals surface area (Å²) in [4.78, 5) is 5.83. The SMILES string of the molecule is CC(C)CNCC(Cc1cn2ccsc2n1)CC(C)C. The standard InChI is InChI=1S/C16H27N3S/c1-12(2)7-14(10-17-9-13(3)4)8-15-11-19-5-6-20-16(19)18-15/h5-6,11-14,17H,7-10H2,1-4H3. The maximum atomic E-state index is 4.72. The number of imidazole rings is 1. The zero-order valence-electron chi connectivity index (χ0n) is 13.1. The Hall–Kier alpha value is -0.870. The molecule has 0 spiro atoms. The fourth-order valence-electron chi connectivity index (χ4n) is 2.65. The lowest BCUT2D eigenvalue weighted by atomic mass is 9.93. The third kappa shape index (κ3) is 4.60. The van der Waals surface area contributed by atoms with E-state index in [9.17, 15) is 0 Å². The van der Waals surface area contributed by atoms with Crippen molar-refractivity contribution in [2.75, 3.05) is 13.1 Å². The molecule has 2 heterocycles. The van der Waals surface area contributed by atoms with Crippen molar-refractivity contribution in [2.45, 2.75) is 40.5 Å². The Kier molecular flexibility index (Phi) is 5.61. The van der Waals surface area contributed by atoms with Crippen molar-refractivity contribution in [3.8, 4) is 0 Å². The quantitative estimate of drug-likeness (QED) is 0.801. The minimum absolute atomic E-state index is 0.679. The molecule has 4 heteroatoms. The molecule has 1 N–H and O–H groups in total. The van der Waals surface area contributed by atoms with Crippen LogP contribution in [-0.4, -0.2) is 22.5 Å². The molecule has 3 nitrogen and oxygen atoms in total. The highest BCUT2D eigenvalue weighted by molar-refractivity contribution is 7.15. The van der Waals surface area contributed by atoms with Crippen LogP contribution in [0.4, 0.5) is 0 Å². The van der Waals surface area contributed by atoms with Crippen LogP contribution in [0.2, 0.25) is 0 Å². The smallest absolute Gasteiger partial charge is 0.193 e. The van der Waals surface area contributed by atoms with Crippen molar-refractivity contribution in [3.63, 3.8) is 0 Å². The van der Waals surface area contributed by atoms with Gasteiger partial charge < -0.3 is 5.32 Å². The molecule has 0 aromatic carbocycles. The van der Waals surface area contributed by atoms with Gasteiger partial charge >= 0.3 is 0 Å². The summed E-state index contributed by atoms with van der Waals surface area (Å²) < 4.78 is 2.13. The summed E-state index contributed by atoms with van der Waals surface area (Å²) in [6.07, 6.45) is 6.61. The lowest BCUT2D eigenvalue weighted by molar-refractivity contribution is 0.374. The van der Waals surface area contributed by atoms with Gasteiger partial charge in [0.05, 0.1) is 5.69 Å². The Morgan fingerprint density at radius 2 is 2.00 bits per heavy atom. The van der Waals surface area contributed by atoms with Gasteiger partial charge in [0.2, 0.25) is 0 Å². The Balaban J connectivity index is 1.93. The van der Waals surface area contributed by atoms with E-state index < -0.39 is 0 Å². The van der Waals surface area contributed by atoms with Gasteiger partial charge in [-0.2, -0.15) is 0 Å². The molecule has 0 aliphatic rings. The maximum absolute atomic E-state index is 4.72. The average Bonchev–Trinajstić information content (AvgIpc) is 2.87. The second-order valence-electron chi connectivity index (χ2n) is 6.58. The van der Waals surface area contributed by atoms with Gasteiger partial charge in [0, 0.05) is 17.8 Å². The van der Waals surface area contributed by atoms with Crippen molar-refractivity contribution in [2.24, 2.45) is 17.8 Å². The lowest BCUT2D eigenvalue weighted by Gasteiger charge is -2.19. The zero-order chi connectivity index (χ0) is 14.5. The highest BCUT2D eigenvalue weighted by Crippen LogP contribution is 2.18. The summed E-state index contributed by atoms with van der Waals surface area (Å²) in [5.41, 5.74) is 1.23. The summed E-state index contributed by atoms with van der Waals surface area (Å²) in [7, 11) is 0. The van der Waals surface area contributed by atoms with Gasteiger partial charge in [-0.1, -0.05) is 27.7 Å². The van der Waals surface area contributed by atoms with Crippen LogP contribution in [0.5, 0.6) is 0 Å². The van der Waals surface area contributed by atoms with Crippen molar-refractivity contribution in [1.29, 1.82) is 0 Å². The first-order chi connectivity index (χ1) is 9.54. The van der Waals surface area contributed by atoms with Gasteiger partial charge in [-0.3, -0.25) is 4.40 Å². The van der Waals surface area contributed by atoms with E-state index in [4.69, 9.17) is 4.98 Å². The molecule has 0 aliphatic heterocycles. The van der Waals surface area contributed by atoms with Gasteiger partial charge in [-0.25, -0.2) is 4.98 Å². The number of rotatable bonds is 8. The van der Waals surface area contributed by atoms with Crippen molar-refractivity contribution >= 4 is 16.3 Å². The largest absolute Gasteiger partial charge is 0.316 e. The maximum Gasteiger partial charge on any atom is 0.193 e. The zero-order valence-corrected chi connectivity index (χ0v) is 13.9. The first-order valence-corrected chi connectivity index (χ1v) is 8.54. The Labute approximate surface area is 126 Å².